The summed E-state index contributed by atoms with van der Waals surface area (Å²) in [5.41, 5.74) is 6.24. The molecule has 3 rings (SSSR count). The number of halogens is 1. The molecule has 4 unspecified atom stereocenters. The van der Waals surface area contributed by atoms with Crippen LogP contribution in [0.15, 0.2) is 0 Å². The second kappa shape index (κ2) is 7.84. The monoisotopic (exact) mass is 344 g/mol. The van der Waals surface area contributed by atoms with Gasteiger partial charge in [0, 0.05) is 12.1 Å². The van der Waals surface area contributed by atoms with Crippen molar-refractivity contribution in [1.82, 2.24) is 5.32 Å². The van der Waals surface area contributed by atoms with Crippen molar-refractivity contribution in [2.24, 2.45) is 29.4 Å². The second-order valence-corrected chi connectivity index (χ2v) is 7.25. The molecule has 2 bridgehead atoms. The van der Waals surface area contributed by atoms with Crippen LogP contribution in [-0.2, 0) is 14.3 Å². The van der Waals surface area contributed by atoms with E-state index >= 15 is 0 Å². The molecule has 0 radical (unpaired) electrons. The van der Waals surface area contributed by atoms with Gasteiger partial charge in [-0.25, -0.2) is 0 Å². The third kappa shape index (κ3) is 3.82. The van der Waals surface area contributed by atoms with E-state index in [2.05, 4.69) is 5.32 Å². The minimum Gasteiger partial charge on any atom is -0.466 e. The predicted molar refractivity (Wildman–Crippen MR) is 90.1 cm³/mol. The first kappa shape index (κ1) is 18.5. The number of amides is 1. The van der Waals surface area contributed by atoms with Gasteiger partial charge in [0.05, 0.1) is 18.4 Å². The van der Waals surface area contributed by atoms with Gasteiger partial charge in [0.15, 0.2) is 0 Å². The van der Waals surface area contributed by atoms with Crippen LogP contribution in [0.3, 0.4) is 0 Å². The highest BCUT2D eigenvalue weighted by Crippen LogP contribution is 2.47. The molecule has 3 saturated carbocycles. The number of esters is 1. The molecule has 0 aromatic rings. The molecule has 5 nitrogen and oxygen atoms in total. The molecule has 0 heterocycles. The van der Waals surface area contributed by atoms with Gasteiger partial charge in [-0.3, -0.25) is 9.59 Å². The van der Waals surface area contributed by atoms with Crippen LogP contribution >= 0.6 is 12.4 Å². The summed E-state index contributed by atoms with van der Waals surface area (Å²) >= 11 is 0. The molecule has 0 saturated heterocycles. The van der Waals surface area contributed by atoms with Gasteiger partial charge in [-0.2, -0.15) is 0 Å². The Kier molecular flexibility index (Phi) is 6.32. The highest BCUT2D eigenvalue weighted by Gasteiger charge is 2.49. The molecule has 23 heavy (non-hydrogen) atoms. The van der Waals surface area contributed by atoms with E-state index in [1.54, 1.807) is 0 Å². The van der Waals surface area contributed by atoms with Crippen molar-refractivity contribution in [1.29, 1.82) is 0 Å². The third-order valence-corrected chi connectivity index (χ3v) is 5.98. The van der Waals surface area contributed by atoms with Crippen molar-refractivity contribution in [3.8, 4) is 0 Å². The number of hydrogen-bond acceptors (Lipinski definition) is 4. The molecule has 3 fully saturated rings. The van der Waals surface area contributed by atoms with E-state index < -0.39 is 0 Å². The van der Waals surface area contributed by atoms with Crippen molar-refractivity contribution < 1.29 is 14.3 Å². The minimum absolute atomic E-state index is 0. The van der Waals surface area contributed by atoms with Gasteiger partial charge in [0.1, 0.15) is 0 Å². The Balaban J connectivity index is 0.00000192. The summed E-state index contributed by atoms with van der Waals surface area (Å²) in [5.74, 6) is 1.15. The van der Waals surface area contributed by atoms with Gasteiger partial charge in [-0.1, -0.05) is 0 Å². The molecular weight excluding hydrogens is 316 g/mol. The molecule has 0 aromatic heterocycles. The highest BCUT2D eigenvalue weighted by atomic mass is 35.5. The Hall–Kier alpha value is -0.810. The SMILES string of the molecule is CCOC(=O)C1CCC(NC(=O)C2C3CCC(C3)C2N)CC1.Cl. The average Bonchev–Trinajstić information content (AvgIpc) is 3.09. The maximum Gasteiger partial charge on any atom is 0.308 e. The van der Waals surface area contributed by atoms with Crippen molar-refractivity contribution in [2.75, 3.05) is 6.61 Å². The number of carbonyl (C=O) groups excluding carboxylic acids is 2. The Morgan fingerprint density at radius 1 is 1.09 bits per heavy atom. The number of hydrogen-bond donors (Lipinski definition) is 2. The number of nitrogens with one attached hydrogen (secondary N) is 1. The van der Waals surface area contributed by atoms with E-state index in [4.69, 9.17) is 10.5 Å². The first-order valence-corrected chi connectivity index (χ1v) is 8.82. The van der Waals surface area contributed by atoms with Crippen LogP contribution in [0.25, 0.3) is 0 Å². The van der Waals surface area contributed by atoms with Crippen LogP contribution in [0.2, 0.25) is 0 Å². The van der Waals surface area contributed by atoms with Gasteiger partial charge in [0.2, 0.25) is 5.91 Å². The first-order chi connectivity index (χ1) is 10.6. The van der Waals surface area contributed by atoms with Crippen LogP contribution in [-0.4, -0.2) is 30.6 Å². The molecular formula is C17H29ClN2O3. The average molecular weight is 345 g/mol. The number of nitrogens with two attached hydrogens (primary N) is 1. The third-order valence-electron chi connectivity index (χ3n) is 5.98. The predicted octanol–water partition coefficient (Wildman–Crippen LogP) is 2.02. The van der Waals surface area contributed by atoms with Crippen LogP contribution in [0.4, 0.5) is 0 Å². The zero-order valence-corrected chi connectivity index (χ0v) is 14.6. The Morgan fingerprint density at radius 2 is 1.74 bits per heavy atom. The van der Waals surface area contributed by atoms with Crippen molar-refractivity contribution in [3.63, 3.8) is 0 Å². The van der Waals surface area contributed by atoms with E-state index in [1.165, 1.54) is 6.42 Å². The fourth-order valence-corrected chi connectivity index (χ4v) is 4.76. The van der Waals surface area contributed by atoms with Crippen LogP contribution < -0.4 is 11.1 Å². The Bertz CT molecular complexity index is 436. The Labute approximate surface area is 144 Å². The quantitative estimate of drug-likeness (QED) is 0.764. The highest BCUT2D eigenvalue weighted by molar-refractivity contribution is 5.85. The molecule has 0 aromatic carbocycles. The van der Waals surface area contributed by atoms with E-state index in [0.29, 0.717) is 18.4 Å². The van der Waals surface area contributed by atoms with Crippen molar-refractivity contribution in [3.05, 3.63) is 0 Å². The first-order valence-electron chi connectivity index (χ1n) is 8.82. The fourth-order valence-electron chi connectivity index (χ4n) is 4.76. The lowest BCUT2D eigenvalue weighted by Gasteiger charge is -2.32. The molecule has 3 aliphatic rings. The van der Waals surface area contributed by atoms with Gasteiger partial charge >= 0.3 is 5.97 Å². The zero-order valence-electron chi connectivity index (χ0n) is 13.8. The molecule has 132 valence electrons. The standard InChI is InChI=1S/C17H28N2O3.ClH/c1-2-22-17(21)10-5-7-13(8-6-10)19-16(20)14-11-3-4-12(9-11)15(14)18;/h10-15H,2-9,18H2,1H3,(H,19,20);1H. The summed E-state index contributed by atoms with van der Waals surface area (Å²) in [5, 5.41) is 3.20. The number of rotatable bonds is 4. The largest absolute Gasteiger partial charge is 0.466 e. The van der Waals surface area contributed by atoms with Gasteiger partial charge in [-0.15, -0.1) is 12.4 Å². The van der Waals surface area contributed by atoms with Crippen LogP contribution in [0.1, 0.15) is 51.9 Å². The number of ether oxygens (including phenoxy) is 1. The Morgan fingerprint density at radius 3 is 2.30 bits per heavy atom. The normalized spacial score (nSPS) is 38.7. The fraction of sp³-hybridized carbons (Fsp3) is 0.882. The molecule has 3 aliphatic carbocycles. The topological polar surface area (TPSA) is 81.4 Å². The molecule has 4 atom stereocenters. The lowest BCUT2D eigenvalue weighted by Crippen LogP contribution is -2.49. The minimum atomic E-state index is -0.0811. The second-order valence-electron chi connectivity index (χ2n) is 7.25. The van der Waals surface area contributed by atoms with Gasteiger partial charge < -0.3 is 15.8 Å². The van der Waals surface area contributed by atoms with E-state index in [1.807, 2.05) is 6.92 Å². The lowest BCUT2D eigenvalue weighted by molar-refractivity contribution is -0.149. The van der Waals surface area contributed by atoms with Crippen molar-refractivity contribution >= 4 is 24.3 Å². The van der Waals surface area contributed by atoms with Crippen LogP contribution in [0.5, 0.6) is 0 Å². The van der Waals surface area contributed by atoms with E-state index in [-0.39, 0.29) is 48.2 Å². The van der Waals surface area contributed by atoms with Gasteiger partial charge in [-0.05, 0) is 63.7 Å². The summed E-state index contributed by atoms with van der Waals surface area (Å²) in [6, 6.07) is 0.249. The molecule has 1 amide bonds. The molecule has 6 heteroatoms. The molecule has 0 spiro atoms. The smallest absolute Gasteiger partial charge is 0.308 e. The maximum atomic E-state index is 12.5. The molecule has 3 N–H and O–H groups in total. The number of carbonyl (C=O) groups is 2. The van der Waals surface area contributed by atoms with E-state index in [0.717, 1.165) is 38.5 Å². The zero-order chi connectivity index (χ0) is 15.7. The van der Waals surface area contributed by atoms with E-state index in [9.17, 15) is 9.59 Å². The maximum absolute atomic E-state index is 12.5. The van der Waals surface area contributed by atoms with Gasteiger partial charge in [0.25, 0.3) is 0 Å². The lowest BCUT2D eigenvalue weighted by atomic mass is 9.82. The summed E-state index contributed by atoms with van der Waals surface area (Å²) in [6.45, 7) is 2.28. The summed E-state index contributed by atoms with van der Waals surface area (Å²) in [6.07, 6.45) is 6.84. The van der Waals surface area contributed by atoms with Crippen LogP contribution in [0, 0.1) is 23.7 Å². The molecule has 0 aliphatic heterocycles. The summed E-state index contributed by atoms with van der Waals surface area (Å²) in [4.78, 5) is 24.3. The van der Waals surface area contributed by atoms with Crippen molar-refractivity contribution in [2.45, 2.75) is 64.0 Å². The number of fused-ring (bicyclic) bond motifs is 2. The summed E-state index contributed by atoms with van der Waals surface area (Å²) in [7, 11) is 0. The summed E-state index contributed by atoms with van der Waals surface area (Å²) < 4.78 is 5.08.